The van der Waals surface area contributed by atoms with Gasteiger partial charge in [-0.25, -0.2) is 32.1 Å². The van der Waals surface area contributed by atoms with E-state index in [0.29, 0.717) is 76.4 Å². The molecule has 2 bridgehead atoms. The molecule has 6 aromatic rings. The summed E-state index contributed by atoms with van der Waals surface area (Å²) in [6, 6.07) is 50.8. The summed E-state index contributed by atoms with van der Waals surface area (Å²) < 4.78 is 100. The van der Waals surface area contributed by atoms with Gasteiger partial charge in [-0.15, -0.1) is 0 Å². The Kier molecular flexibility index (Phi) is 29.8. The molecule has 0 N–H and O–H groups in total. The number of rotatable bonds is 16. The molecular weight excluding hydrogens is 1340 g/mol. The van der Waals surface area contributed by atoms with Crippen molar-refractivity contribution in [1.29, 1.82) is 0 Å². The number of halogens is 5. The first-order valence-corrected chi connectivity index (χ1v) is 39.4. The molecule has 105 heavy (non-hydrogen) atoms. The van der Waals surface area contributed by atoms with Gasteiger partial charge in [-0.3, -0.25) is 4.79 Å². The first kappa shape index (κ1) is 80.6. The van der Waals surface area contributed by atoms with E-state index in [0.717, 1.165) is 101 Å². The van der Waals surface area contributed by atoms with Gasteiger partial charge in [0.1, 0.15) is 35.4 Å². The van der Waals surface area contributed by atoms with Crippen LogP contribution in [0.2, 0.25) is 0 Å². The van der Waals surface area contributed by atoms with Crippen molar-refractivity contribution in [1.82, 2.24) is 0 Å². The van der Waals surface area contributed by atoms with Crippen molar-refractivity contribution in [2.45, 2.75) is 264 Å². The standard InChI is InChI=1S/C23H31FO6.C20H25FO2.C16H13FO2.C13H23F.C9H11F.C9H12/c1-13-5-10-19-14(2)20(26-17-8-6-16(7-9-17)25-15(3)24)27-21-23(19)18(13)11-12-22(4,28-21)29-30-23;1-12(21)23-14-4-6-15-13(11-14)3-5-17-16(15)9-10-20(2)18(17)7-8-19(20)22;17-16(14-9-5-2-6-10-14)19-15(18)12-11-13-7-3-1-4-8-13;14-13(11-7-3-1-4-8-11)12-9-5-2-6-10-12;1-8(10)7-9-5-3-2-4-6-9;1-2-6-9-7-4-3-5-8-9/h6-9,13-15,18-21H,5,10-12H2,1-4H3;4,6,11-12,16-18H,3,5,7-10H2,1-2H3;1-12,16H;11-13H,1-10H2;2-6,8H,7H2,1H3;3-5,7-8H,2,6H2,1H3/b;;12-11+;;;/t13-,14+,15?,18+,19+,20-,21+,22?,23-;12?,16-,17+,18+,20-;;;;/m00..../s1. The van der Waals surface area contributed by atoms with Crippen LogP contribution in [0, 0.1) is 52.8 Å². The largest absolute Gasteiger partial charge is 0.465 e. The van der Waals surface area contributed by atoms with Crippen LogP contribution >= 0.6 is 0 Å². The maximum Gasteiger partial charge on any atom is 0.333 e. The lowest BCUT2D eigenvalue weighted by atomic mass is 9.55. The average molecular weight is 1450 g/mol. The fourth-order valence-electron chi connectivity index (χ4n) is 18.2. The van der Waals surface area contributed by atoms with Gasteiger partial charge in [0, 0.05) is 62.0 Å². The number of carbonyl (C=O) groups is 2. The molecule has 9 fully saturated rings. The molecule has 15 heteroatoms. The first-order valence-electron chi connectivity index (χ1n) is 39.4. The lowest BCUT2D eigenvalue weighted by Gasteiger charge is -2.60. The number of aryl methyl sites for hydroxylation is 2. The third-order valence-corrected chi connectivity index (χ3v) is 23.6. The van der Waals surface area contributed by atoms with Crippen LogP contribution < -0.4 is 14.2 Å². The molecule has 4 saturated heterocycles. The number of ketones is 1. The zero-order valence-electron chi connectivity index (χ0n) is 63.2. The van der Waals surface area contributed by atoms with Crippen molar-refractivity contribution in [3.8, 4) is 17.2 Å². The Morgan fingerprint density at radius 2 is 1.17 bits per heavy atom. The highest BCUT2D eigenvalue weighted by atomic mass is 19.2. The van der Waals surface area contributed by atoms with E-state index in [1.165, 1.54) is 88.0 Å². The van der Waals surface area contributed by atoms with Crippen molar-refractivity contribution in [3.05, 3.63) is 203 Å². The Morgan fingerprint density at radius 3 is 1.78 bits per heavy atom. The molecule has 0 amide bonds. The second-order valence-corrected chi connectivity index (χ2v) is 31.2. The predicted octanol–water partition coefficient (Wildman–Crippen LogP) is 23.4. The molecule has 16 rings (SSSR count). The zero-order chi connectivity index (χ0) is 74.5. The maximum atomic E-state index is 14.2. The van der Waals surface area contributed by atoms with Crippen molar-refractivity contribution in [2.24, 2.45) is 52.8 Å². The molecule has 0 radical (unpaired) electrons. The van der Waals surface area contributed by atoms with Crippen LogP contribution in [-0.2, 0) is 52.8 Å². The van der Waals surface area contributed by atoms with Gasteiger partial charge in [-0.05, 0) is 209 Å². The summed E-state index contributed by atoms with van der Waals surface area (Å²) in [6.45, 7) is 15.1. The molecule has 570 valence electrons. The van der Waals surface area contributed by atoms with E-state index in [-0.39, 0.29) is 17.3 Å². The molecule has 16 atom stereocenters. The summed E-state index contributed by atoms with van der Waals surface area (Å²) in [5.41, 5.74) is 5.77. The normalized spacial score (nSPS) is 29.0. The number of benzene rings is 6. The first-order chi connectivity index (χ1) is 50.6. The van der Waals surface area contributed by atoms with E-state index >= 15 is 0 Å². The molecule has 1 spiro atoms. The molecule has 6 aliphatic carbocycles. The van der Waals surface area contributed by atoms with Crippen LogP contribution in [-0.4, -0.2) is 60.8 Å². The number of carbonyl (C=O) groups excluding carboxylic acids is 2. The highest BCUT2D eigenvalue weighted by Gasteiger charge is 2.70. The van der Waals surface area contributed by atoms with E-state index in [9.17, 15) is 31.5 Å². The quantitative estimate of drug-likeness (QED) is 0.0402. The third kappa shape index (κ3) is 21.7. The molecule has 10 nitrogen and oxygen atoms in total. The lowest BCUT2D eigenvalue weighted by molar-refractivity contribution is -0.575. The second-order valence-electron chi connectivity index (χ2n) is 31.2. The van der Waals surface area contributed by atoms with E-state index in [2.05, 4.69) is 68.8 Å². The summed E-state index contributed by atoms with van der Waals surface area (Å²) >= 11 is 0. The Balaban J connectivity index is 0.000000142. The van der Waals surface area contributed by atoms with Gasteiger partial charge in [0.05, 0.1) is 0 Å². The van der Waals surface area contributed by atoms with Crippen molar-refractivity contribution < 1.29 is 69.7 Å². The Bertz CT molecular complexity index is 3570. The molecular formula is C90H115F5O10. The highest BCUT2D eigenvalue weighted by molar-refractivity contribution is 5.87. The molecule has 5 saturated carbocycles. The second kappa shape index (κ2) is 38.8. The zero-order valence-corrected chi connectivity index (χ0v) is 63.2. The van der Waals surface area contributed by atoms with Crippen LogP contribution in [0.1, 0.15) is 229 Å². The van der Waals surface area contributed by atoms with Gasteiger partial charge in [0.15, 0.2) is 11.9 Å². The average Bonchev–Trinajstić information content (AvgIpc) is 1.67. The van der Waals surface area contributed by atoms with Crippen LogP contribution in [0.3, 0.4) is 0 Å². The fraction of sp³-hybridized carbons (Fsp3) is 0.556. The van der Waals surface area contributed by atoms with E-state index in [1.54, 1.807) is 67.6 Å². The minimum absolute atomic E-state index is 0.0641. The third-order valence-electron chi connectivity index (χ3n) is 23.6. The van der Waals surface area contributed by atoms with Gasteiger partial charge >= 0.3 is 5.97 Å². The highest BCUT2D eigenvalue weighted by Crippen LogP contribution is 2.62. The van der Waals surface area contributed by atoms with Crippen LogP contribution in [0.4, 0.5) is 22.0 Å². The SMILES string of the molecule is CC(F)Cc1ccccc1.CC(F)Oc1ccc(O[C@H]2O[C@@H]3OC4(C)CC[C@@H]5[C@@H](C)CC[C@H]([C@H]2C)[C@]35OO4)cc1.CC(F)Oc1ccc2c(c1)CC[C@H]1[C@H]3CCC(=O)[C@@]3(C)CC[C@@H]21.CCCc1ccccc1.FC(C1CCCCC1)C1CCCCC1.O=C(/C=C/c1ccccc1)OC(F)c1ccccc1. The molecule has 4 heterocycles. The van der Waals surface area contributed by atoms with Gasteiger partial charge in [-0.2, -0.15) is 4.39 Å². The smallest absolute Gasteiger partial charge is 0.333 e. The molecule has 4 aliphatic heterocycles. The topological polar surface area (TPSA) is 108 Å². The fourth-order valence-corrected chi connectivity index (χ4v) is 18.2. The number of ether oxygens (including phenoxy) is 6. The summed E-state index contributed by atoms with van der Waals surface area (Å²) in [5.74, 6) is 4.48. The Morgan fingerprint density at radius 1 is 0.590 bits per heavy atom. The molecule has 10 aliphatic rings. The number of Topliss-reactive ketones (excluding diaryl/α,β-unsaturated/α-hetero) is 1. The minimum atomic E-state index is -1.74. The predicted molar refractivity (Wildman–Crippen MR) is 403 cm³/mol. The van der Waals surface area contributed by atoms with Gasteiger partial charge in [0.25, 0.3) is 6.36 Å². The van der Waals surface area contributed by atoms with Crippen molar-refractivity contribution in [2.75, 3.05) is 0 Å². The van der Waals surface area contributed by atoms with Gasteiger partial charge in [-0.1, -0.05) is 200 Å². The van der Waals surface area contributed by atoms with Gasteiger partial charge < -0.3 is 28.4 Å². The maximum absolute atomic E-state index is 14.2. The van der Waals surface area contributed by atoms with E-state index in [4.69, 9.17) is 33.5 Å². The van der Waals surface area contributed by atoms with Crippen LogP contribution in [0.5, 0.6) is 17.2 Å². The molecule has 0 aromatic heterocycles. The summed E-state index contributed by atoms with van der Waals surface area (Å²) in [6.07, 6.45) is 21.7. The van der Waals surface area contributed by atoms with Crippen molar-refractivity contribution >= 4 is 17.8 Å². The summed E-state index contributed by atoms with van der Waals surface area (Å²) in [5, 5.41) is 0. The summed E-state index contributed by atoms with van der Waals surface area (Å²) in [7, 11) is 0. The number of hydrogen-bond donors (Lipinski definition) is 0. The van der Waals surface area contributed by atoms with Crippen LogP contribution in [0.25, 0.3) is 6.08 Å². The van der Waals surface area contributed by atoms with E-state index in [1.807, 2.05) is 79.7 Å². The number of alkyl halides is 5. The van der Waals surface area contributed by atoms with E-state index < -0.39 is 61.4 Å². The number of esters is 1. The lowest BCUT2D eigenvalue weighted by Crippen LogP contribution is -2.70. The number of fused-ring (bicyclic) bond motifs is 7. The summed E-state index contributed by atoms with van der Waals surface area (Å²) in [4.78, 5) is 35.8. The minimum Gasteiger partial charge on any atom is -0.465 e. The monoisotopic (exact) mass is 1450 g/mol. The number of hydrogen-bond acceptors (Lipinski definition) is 10. The Hall–Kier alpha value is -6.91. The molecule has 6 aromatic carbocycles. The Labute approximate surface area is 622 Å². The van der Waals surface area contributed by atoms with Gasteiger partial charge in [0.2, 0.25) is 24.8 Å². The van der Waals surface area contributed by atoms with Crippen LogP contribution in [0.15, 0.2) is 170 Å². The molecule has 5 unspecified atom stereocenters. The van der Waals surface area contributed by atoms with Crippen molar-refractivity contribution in [3.63, 3.8) is 0 Å².